The number of aliphatic hydroxyl groups is 1. The lowest BCUT2D eigenvalue weighted by molar-refractivity contribution is -0.122. The van der Waals surface area contributed by atoms with Gasteiger partial charge >= 0.3 is 0 Å². The smallest absolute Gasteiger partial charge is 0.267 e. The zero-order valence-electron chi connectivity index (χ0n) is 20.4. The number of carbonyl (C=O) groups excluding carboxylic acids is 1. The quantitative estimate of drug-likeness (QED) is 0.220. The molecule has 0 aliphatic carbocycles. The molecule has 1 amide bonds. The molecule has 1 aliphatic heterocycles. The number of thioether (sulfide) groups is 1. The summed E-state index contributed by atoms with van der Waals surface area (Å²) in [6.07, 6.45) is 10.1. The molecule has 2 aromatic heterocycles. The van der Waals surface area contributed by atoms with Crippen LogP contribution in [0.2, 0.25) is 0 Å². The number of aliphatic hydroxyl groups excluding tert-OH is 1. The maximum atomic E-state index is 13.4. The van der Waals surface area contributed by atoms with Gasteiger partial charge in [-0.3, -0.25) is 18.9 Å². The number of fused-ring (bicyclic) bond motifs is 1. The van der Waals surface area contributed by atoms with Gasteiger partial charge in [-0.15, -0.1) is 0 Å². The van der Waals surface area contributed by atoms with Crippen LogP contribution in [0.4, 0.5) is 5.82 Å². The van der Waals surface area contributed by atoms with Gasteiger partial charge < -0.3 is 15.2 Å². The Labute approximate surface area is 215 Å². The van der Waals surface area contributed by atoms with Crippen LogP contribution < -0.4 is 10.9 Å². The van der Waals surface area contributed by atoms with Crippen LogP contribution in [0.15, 0.2) is 28.0 Å². The van der Waals surface area contributed by atoms with Crippen molar-refractivity contribution in [1.82, 2.24) is 14.3 Å². The number of thiocarbonyl (C=S) groups is 1. The fourth-order valence-corrected chi connectivity index (χ4v) is 5.10. The minimum atomic E-state index is -0.265. The van der Waals surface area contributed by atoms with Crippen molar-refractivity contribution < 1.29 is 14.6 Å². The molecule has 8 nitrogen and oxygen atoms in total. The second-order valence-corrected chi connectivity index (χ2v) is 10.2. The molecular weight excluding hydrogens is 484 g/mol. The number of nitrogens with one attached hydrogen (secondary N) is 1. The Kier molecular flexibility index (Phi) is 10.7. The van der Waals surface area contributed by atoms with Crippen LogP contribution in [0.3, 0.4) is 0 Å². The average Bonchev–Trinajstić information content (AvgIpc) is 3.11. The molecule has 35 heavy (non-hydrogen) atoms. The number of anilines is 1. The normalized spacial score (nSPS) is 15.1. The van der Waals surface area contributed by atoms with Gasteiger partial charge in [0.15, 0.2) is 0 Å². The summed E-state index contributed by atoms with van der Waals surface area (Å²) in [7, 11) is 0. The Morgan fingerprint density at radius 3 is 2.71 bits per heavy atom. The number of unbranched alkanes of at least 4 members (excludes halogenated alkanes) is 5. The number of ether oxygens (including phenoxy) is 1. The lowest BCUT2D eigenvalue weighted by Gasteiger charge is -2.14. The van der Waals surface area contributed by atoms with Crippen molar-refractivity contribution in [2.75, 3.05) is 38.2 Å². The number of carbonyl (C=O) groups is 1. The van der Waals surface area contributed by atoms with Crippen LogP contribution in [-0.2, 0) is 9.53 Å². The molecule has 190 valence electrons. The van der Waals surface area contributed by atoms with E-state index in [1.165, 1.54) is 35.4 Å². The number of pyridine rings is 1. The summed E-state index contributed by atoms with van der Waals surface area (Å²) in [6.45, 7) is 5.61. The fraction of sp³-hybridized carbons (Fsp3) is 0.520. The Hall–Kier alpha value is -2.27. The van der Waals surface area contributed by atoms with Gasteiger partial charge in [-0.2, -0.15) is 0 Å². The largest absolute Gasteiger partial charge is 0.394 e. The Morgan fingerprint density at radius 2 is 1.94 bits per heavy atom. The number of aryl methyl sites for hydroxylation is 1. The first-order valence-electron chi connectivity index (χ1n) is 12.2. The van der Waals surface area contributed by atoms with Gasteiger partial charge in [0.2, 0.25) is 0 Å². The summed E-state index contributed by atoms with van der Waals surface area (Å²) in [4.78, 5) is 33.2. The summed E-state index contributed by atoms with van der Waals surface area (Å²) in [5, 5.41) is 12.0. The minimum absolute atomic E-state index is 0.0548. The van der Waals surface area contributed by atoms with Crippen molar-refractivity contribution in [1.29, 1.82) is 0 Å². The molecule has 0 spiro atoms. The van der Waals surface area contributed by atoms with E-state index in [1.807, 2.05) is 13.0 Å². The van der Waals surface area contributed by atoms with Crippen molar-refractivity contribution in [3.63, 3.8) is 0 Å². The number of rotatable bonds is 14. The third-order valence-corrected chi connectivity index (χ3v) is 7.04. The van der Waals surface area contributed by atoms with Gasteiger partial charge in [-0.25, -0.2) is 4.98 Å². The number of nitrogens with zero attached hydrogens (tertiary/aromatic N) is 3. The van der Waals surface area contributed by atoms with E-state index in [0.717, 1.165) is 24.8 Å². The highest BCUT2D eigenvalue weighted by atomic mass is 32.2. The Bertz CT molecular complexity index is 1130. The van der Waals surface area contributed by atoms with E-state index in [-0.39, 0.29) is 24.7 Å². The molecule has 3 rings (SSSR count). The van der Waals surface area contributed by atoms with Crippen LogP contribution in [0.25, 0.3) is 11.7 Å². The van der Waals surface area contributed by atoms with Gasteiger partial charge in [0.1, 0.15) is 15.8 Å². The SMILES string of the molecule is CCCCCCCCN1C(=O)C(=Cc2c(NCCOCCO)nc3ccc(C)cn3c2=O)SC1=S. The molecule has 0 saturated carbocycles. The van der Waals surface area contributed by atoms with Gasteiger partial charge in [-0.1, -0.05) is 69.1 Å². The third-order valence-electron chi connectivity index (χ3n) is 5.66. The Balaban J connectivity index is 1.82. The molecule has 3 heterocycles. The highest BCUT2D eigenvalue weighted by Gasteiger charge is 2.32. The van der Waals surface area contributed by atoms with E-state index in [1.54, 1.807) is 23.2 Å². The predicted octanol–water partition coefficient (Wildman–Crippen LogP) is 3.99. The molecule has 10 heteroatoms. The summed E-state index contributed by atoms with van der Waals surface area (Å²) in [6, 6.07) is 3.68. The lowest BCUT2D eigenvalue weighted by Crippen LogP contribution is -2.29. The molecule has 0 atom stereocenters. The third kappa shape index (κ3) is 7.36. The number of aromatic nitrogens is 2. The van der Waals surface area contributed by atoms with E-state index in [4.69, 9.17) is 22.1 Å². The zero-order chi connectivity index (χ0) is 25.2. The van der Waals surface area contributed by atoms with Crippen molar-refractivity contribution in [3.05, 3.63) is 44.7 Å². The monoisotopic (exact) mass is 518 g/mol. The zero-order valence-corrected chi connectivity index (χ0v) is 22.1. The first-order chi connectivity index (χ1) is 17.0. The first-order valence-corrected chi connectivity index (χ1v) is 13.4. The number of amides is 1. The molecule has 1 saturated heterocycles. The summed E-state index contributed by atoms with van der Waals surface area (Å²) >= 11 is 6.70. The fourth-order valence-electron chi connectivity index (χ4n) is 3.81. The molecule has 0 unspecified atom stereocenters. The van der Waals surface area contributed by atoms with E-state index in [2.05, 4.69) is 17.2 Å². The molecule has 0 bridgehead atoms. The summed E-state index contributed by atoms with van der Waals surface area (Å²) in [5.74, 6) is 0.215. The molecule has 2 N–H and O–H groups in total. The second-order valence-electron chi connectivity index (χ2n) is 8.48. The lowest BCUT2D eigenvalue weighted by atomic mass is 10.1. The first kappa shape index (κ1) is 27.3. The highest BCUT2D eigenvalue weighted by Crippen LogP contribution is 2.33. The molecule has 0 aromatic carbocycles. The van der Waals surface area contributed by atoms with Crippen molar-refractivity contribution in [3.8, 4) is 0 Å². The highest BCUT2D eigenvalue weighted by molar-refractivity contribution is 8.26. The average molecular weight is 519 g/mol. The molecule has 1 fully saturated rings. The van der Waals surface area contributed by atoms with Crippen LogP contribution in [0, 0.1) is 6.92 Å². The van der Waals surface area contributed by atoms with Crippen LogP contribution in [0.1, 0.15) is 56.6 Å². The predicted molar refractivity (Wildman–Crippen MR) is 146 cm³/mol. The van der Waals surface area contributed by atoms with Crippen LogP contribution in [0.5, 0.6) is 0 Å². The van der Waals surface area contributed by atoms with E-state index >= 15 is 0 Å². The van der Waals surface area contributed by atoms with Gasteiger partial charge in [-0.05, 0) is 31.1 Å². The molecular formula is C25H34N4O4S2. The van der Waals surface area contributed by atoms with Crippen LogP contribution >= 0.6 is 24.0 Å². The van der Waals surface area contributed by atoms with E-state index in [9.17, 15) is 9.59 Å². The van der Waals surface area contributed by atoms with Gasteiger partial charge in [0, 0.05) is 19.3 Å². The van der Waals surface area contributed by atoms with E-state index < -0.39 is 0 Å². The summed E-state index contributed by atoms with van der Waals surface area (Å²) in [5.41, 5.74) is 1.47. The summed E-state index contributed by atoms with van der Waals surface area (Å²) < 4.78 is 7.32. The maximum absolute atomic E-state index is 13.4. The van der Waals surface area contributed by atoms with Crippen molar-refractivity contribution >= 4 is 51.7 Å². The number of hydrogen-bond donors (Lipinski definition) is 2. The maximum Gasteiger partial charge on any atom is 0.267 e. The van der Waals surface area contributed by atoms with E-state index in [0.29, 0.717) is 46.0 Å². The number of hydrogen-bond acceptors (Lipinski definition) is 8. The van der Waals surface area contributed by atoms with Crippen LogP contribution in [-0.4, -0.2) is 62.5 Å². The van der Waals surface area contributed by atoms with Gasteiger partial charge in [0.05, 0.1) is 30.3 Å². The molecule has 1 aliphatic rings. The topological polar surface area (TPSA) is 96.2 Å². The molecule has 2 aromatic rings. The molecule has 0 radical (unpaired) electrons. The standard InChI is InChI=1S/C25H34N4O4S2/c1-3-4-5-6-7-8-12-28-24(32)20(35-25(28)34)16-19-22(26-11-14-33-15-13-30)27-21-10-9-18(2)17-29(21)23(19)31/h9-10,16-17,26,30H,3-8,11-15H2,1-2H3. The second kappa shape index (κ2) is 13.7. The minimum Gasteiger partial charge on any atom is -0.394 e. The van der Waals surface area contributed by atoms with Gasteiger partial charge in [0.25, 0.3) is 11.5 Å². The Morgan fingerprint density at radius 1 is 1.17 bits per heavy atom. The van der Waals surface area contributed by atoms with Crippen molar-refractivity contribution in [2.24, 2.45) is 0 Å². The van der Waals surface area contributed by atoms with Crippen molar-refractivity contribution in [2.45, 2.75) is 52.4 Å².